The maximum atomic E-state index is 12.8. The summed E-state index contributed by atoms with van der Waals surface area (Å²) in [4.78, 5) is 24.1. The van der Waals surface area contributed by atoms with Crippen LogP contribution in [0.25, 0.3) is 11.1 Å². The van der Waals surface area contributed by atoms with Crippen LogP contribution >= 0.6 is 22.7 Å². The molecule has 0 bridgehead atoms. The fraction of sp³-hybridized carbons (Fsp3) is 0.200. The Balaban J connectivity index is 1.62. The van der Waals surface area contributed by atoms with Crippen molar-refractivity contribution in [3.63, 3.8) is 0 Å². The van der Waals surface area contributed by atoms with Crippen LogP contribution in [0.2, 0.25) is 0 Å². The van der Waals surface area contributed by atoms with Crippen LogP contribution < -0.4 is 5.73 Å². The van der Waals surface area contributed by atoms with Gasteiger partial charge in [0, 0.05) is 16.5 Å². The van der Waals surface area contributed by atoms with Gasteiger partial charge >= 0.3 is 0 Å². The number of guanidine groups is 1. The lowest BCUT2D eigenvalue weighted by atomic mass is 9.93. The molecule has 1 aromatic carbocycles. The summed E-state index contributed by atoms with van der Waals surface area (Å²) in [7, 11) is 0. The topological polar surface area (TPSA) is 95.4 Å². The number of thiazole rings is 1. The van der Waals surface area contributed by atoms with Crippen LogP contribution in [-0.4, -0.2) is 21.8 Å². The second-order valence-electron chi connectivity index (χ2n) is 6.72. The Hall–Kier alpha value is -3.02. The van der Waals surface area contributed by atoms with Gasteiger partial charge in [-0.2, -0.15) is 5.26 Å². The molecule has 0 spiro atoms. The summed E-state index contributed by atoms with van der Waals surface area (Å²) in [5.41, 5.74) is 8.04. The number of aromatic nitrogens is 1. The zero-order chi connectivity index (χ0) is 19.7. The summed E-state index contributed by atoms with van der Waals surface area (Å²) >= 11 is 3.03. The maximum absolute atomic E-state index is 12.8. The van der Waals surface area contributed by atoms with E-state index in [1.165, 1.54) is 16.2 Å². The molecule has 0 saturated carbocycles. The normalized spacial score (nSPS) is 19.4. The number of hydrogen-bond donors (Lipinski definition) is 1. The van der Waals surface area contributed by atoms with Crippen molar-refractivity contribution in [2.75, 3.05) is 0 Å². The third-order valence-corrected chi connectivity index (χ3v) is 6.61. The van der Waals surface area contributed by atoms with E-state index in [4.69, 9.17) is 11.0 Å². The summed E-state index contributed by atoms with van der Waals surface area (Å²) in [6.07, 6.45) is 1.96. The highest BCUT2D eigenvalue weighted by Gasteiger charge is 2.38. The Labute approximate surface area is 170 Å². The number of thiophene rings is 1. The van der Waals surface area contributed by atoms with Crippen molar-refractivity contribution in [1.29, 1.82) is 5.26 Å². The number of carbonyl (C=O) groups excluding carboxylic acids is 1. The summed E-state index contributed by atoms with van der Waals surface area (Å²) < 4.78 is 0. The molecule has 1 aliphatic rings. The summed E-state index contributed by atoms with van der Waals surface area (Å²) in [6, 6.07) is 11.7. The van der Waals surface area contributed by atoms with Crippen molar-refractivity contribution in [2.24, 2.45) is 10.7 Å². The molecular formula is C20H17N5OS2. The van der Waals surface area contributed by atoms with Gasteiger partial charge in [0.25, 0.3) is 0 Å². The summed E-state index contributed by atoms with van der Waals surface area (Å²) in [5, 5.41) is 13.8. The first kappa shape index (κ1) is 18.3. The van der Waals surface area contributed by atoms with Gasteiger partial charge in [-0.05, 0) is 41.6 Å². The van der Waals surface area contributed by atoms with Gasteiger partial charge in [-0.25, -0.2) is 9.98 Å². The standard InChI is InChI=1S/C20H17N5OS2/c1-20(9-18(26)25(19(22)24-20)11-17-23-5-6-27-17)16-8-15(12-28-16)14-4-2-3-13(7-14)10-21/h2-8,12H,9,11H2,1H3,(H2,22,24)/t20-/m0/s1. The maximum Gasteiger partial charge on any atom is 0.232 e. The van der Waals surface area contributed by atoms with E-state index in [9.17, 15) is 4.79 Å². The van der Waals surface area contributed by atoms with E-state index >= 15 is 0 Å². The smallest absolute Gasteiger partial charge is 0.232 e. The van der Waals surface area contributed by atoms with E-state index < -0.39 is 5.54 Å². The highest BCUT2D eigenvalue weighted by Crippen LogP contribution is 2.39. The number of nitrogens with zero attached hydrogens (tertiary/aromatic N) is 4. The van der Waals surface area contributed by atoms with Crippen LogP contribution in [-0.2, 0) is 16.9 Å². The zero-order valence-electron chi connectivity index (χ0n) is 15.1. The van der Waals surface area contributed by atoms with Gasteiger partial charge in [0.1, 0.15) is 10.5 Å². The molecule has 2 N–H and O–H groups in total. The Morgan fingerprint density at radius 1 is 1.32 bits per heavy atom. The number of nitrogens with two attached hydrogens (primary N) is 1. The minimum atomic E-state index is -0.698. The van der Waals surface area contributed by atoms with Gasteiger partial charge < -0.3 is 5.73 Å². The summed E-state index contributed by atoms with van der Waals surface area (Å²) in [6.45, 7) is 2.28. The molecule has 0 radical (unpaired) electrons. The van der Waals surface area contributed by atoms with Crippen LogP contribution in [0.3, 0.4) is 0 Å². The third-order valence-electron chi connectivity index (χ3n) is 4.67. The first-order valence-electron chi connectivity index (χ1n) is 8.62. The van der Waals surface area contributed by atoms with Crippen molar-refractivity contribution in [1.82, 2.24) is 9.88 Å². The molecule has 6 nitrogen and oxygen atoms in total. The Morgan fingerprint density at radius 3 is 2.89 bits per heavy atom. The van der Waals surface area contributed by atoms with Gasteiger partial charge in [0.15, 0.2) is 5.96 Å². The minimum absolute atomic E-state index is 0.0633. The molecule has 1 atom stereocenters. The first-order chi connectivity index (χ1) is 13.5. The van der Waals surface area contributed by atoms with E-state index in [0.717, 1.165) is 21.0 Å². The molecule has 0 aliphatic carbocycles. The number of nitriles is 1. The largest absolute Gasteiger partial charge is 0.369 e. The van der Waals surface area contributed by atoms with Crippen molar-refractivity contribution in [2.45, 2.75) is 25.4 Å². The molecule has 1 amide bonds. The third kappa shape index (κ3) is 3.42. The number of aliphatic imine (C=N–C) groups is 1. The predicted octanol–water partition coefficient (Wildman–Crippen LogP) is 3.71. The Morgan fingerprint density at radius 2 is 2.18 bits per heavy atom. The molecule has 1 aliphatic heterocycles. The SMILES string of the molecule is C[C@@]1(c2cc(-c3cccc(C#N)c3)cs2)CC(=O)N(Cc2nccs2)C(N)=N1. The lowest BCUT2D eigenvalue weighted by molar-refractivity contribution is -0.130. The van der Waals surface area contributed by atoms with Crippen LogP contribution in [0, 0.1) is 11.3 Å². The molecule has 2 aromatic heterocycles. The van der Waals surface area contributed by atoms with Gasteiger partial charge in [0.2, 0.25) is 5.91 Å². The summed E-state index contributed by atoms with van der Waals surface area (Å²) in [5.74, 6) is 0.155. The van der Waals surface area contributed by atoms with Gasteiger partial charge in [-0.15, -0.1) is 22.7 Å². The second-order valence-corrected chi connectivity index (χ2v) is 8.61. The highest BCUT2D eigenvalue weighted by atomic mass is 32.1. The Kier molecular flexibility index (Phi) is 4.71. The van der Waals surface area contributed by atoms with Crippen LogP contribution in [0.15, 0.2) is 52.3 Å². The van der Waals surface area contributed by atoms with Crippen molar-refractivity contribution < 1.29 is 4.79 Å². The number of hydrogen-bond acceptors (Lipinski definition) is 7. The molecule has 3 aromatic rings. The Bertz CT molecular complexity index is 1100. The van der Waals surface area contributed by atoms with E-state index in [0.29, 0.717) is 12.1 Å². The van der Waals surface area contributed by atoms with E-state index in [1.54, 1.807) is 23.6 Å². The fourth-order valence-electron chi connectivity index (χ4n) is 3.19. The number of benzene rings is 1. The lowest BCUT2D eigenvalue weighted by Crippen LogP contribution is -2.49. The highest BCUT2D eigenvalue weighted by molar-refractivity contribution is 7.10. The molecular weight excluding hydrogens is 390 g/mol. The molecule has 140 valence electrons. The second kappa shape index (κ2) is 7.19. The molecule has 28 heavy (non-hydrogen) atoms. The molecule has 3 heterocycles. The van der Waals surface area contributed by atoms with Crippen molar-refractivity contribution in [3.8, 4) is 17.2 Å². The fourth-order valence-corrected chi connectivity index (χ4v) is 4.82. The predicted molar refractivity (Wildman–Crippen MR) is 111 cm³/mol. The van der Waals surface area contributed by atoms with Gasteiger partial charge in [0.05, 0.1) is 24.6 Å². The number of carbonyl (C=O) groups is 1. The average molecular weight is 408 g/mol. The first-order valence-corrected chi connectivity index (χ1v) is 10.4. The zero-order valence-corrected chi connectivity index (χ0v) is 16.8. The van der Waals surface area contributed by atoms with E-state index in [2.05, 4.69) is 16.0 Å². The van der Waals surface area contributed by atoms with Crippen LogP contribution in [0.5, 0.6) is 0 Å². The van der Waals surface area contributed by atoms with Crippen LogP contribution in [0.1, 0.15) is 28.8 Å². The quantitative estimate of drug-likeness (QED) is 0.713. The van der Waals surface area contributed by atoms with Crippen molar-refractivity contribution in [3.05, 3.63) is 62.7 Å². The monoisotopic (exact) mass is 407 g/mol. The molecule has 8 heteroatoms. The van der Waals surface area contributed by atoms with Gasteiger partial charge in [-0.1, -0.05) is 12.1 Å². The van der Waals surface area contributed by atoms with Crippen molar-refractivity contribution >= 4 is 34.5 Å². The minimum Gasteiger partial charge on any atom is -0.369 e. The number of rotatable bonds is 4. The van der Waals surface area contributed by atoms with Gasteiger partial charge in [-0.3, -0.25) is 9.69 Å². The lowest BCUT2D eigenvalue weighted by Gasteiger charge is -2.34. The van der Waals surface area contributed by atoms with Crippen LogP contribution in [0.4, 0.5) is 0 Å². The molecule has 4 rings (SSSR count). The average Bonchev–Trinajstić information content (AvgIpc) is 3.37. The molecule has 0 saturated heterocycles. The number of amides is 1. The van der Waals surface area contributed by atoms with E-state index in [-0.39, 0.29) is 18.3 Å². The molecule has 0 fully saturated rings. The van der Waals surface area contributed by atoms with E-state index in [1.807, 2.05) is 41.9 Å². The molecule has 0 unspecified atom stereocenters.